The molecule has 84 valence electrons. The Balaban J connectivity index is 2.77. The molecule has 1 rings (SSSR count). The van der Waals surface area contributed by atoms with Gasteiger partial charge in [-0.25, -0.2) is 0 Å². The van der Waals surface area contributed by atoms with Crippen molar-refractivity contribution in [1.29, 1.82) is 5.26 Å². The number of hydrogen-bond acceptors (Lipinski definition) is 4. The summed E-state index contributed by atoms with van der Waals surface area (Å²) in [6.45, 7) is 1.88. The zero-order chi connectivity index (χ0) is 12.1. The average molecular weight is 219 g/mol. The average Bonchev–Trinajstić information content (AvgIpc) is 2.25. The van der Waals surface area contributed by atoms with Crippen molar-refractivity contribution < 1.29 is 9.90 Å². The first-order chi connectivity index (χ1) is 7.54. The lowest BCUT2D eigenvalue weighted by Gasteiger charge is -2.11. The fourth-order valence-corrected chi connectivity index (χ4v) is 1.21. The van der Waals surface area contributed by atoms with Crippen LogP contribution in [0.15, 0.2) is 18.2 Å². The molecule has 1 unspecified atom stereocenters. The van der Waals surface area contributed by atoms with Crippen molar-refractivity contribution in [1.82, 2.24) is 0 Å². The van der Waals surface area contributed by atoms with Crippen LogP contribution < -0.4 is 11.1 Å². The number of primary amides is 1. The maximum Gasteiger partial charge on any atom is 0.248 e. The summed E-state index contributed by atoms with van der Waals surface area (Å²) in [5, 5.41) is 20.9. The number of benzene rings is 1. The number of aliphatic hydroxyl groups is 1. The second-order valence-corrected chi connectivity index (χ2v) is 3.46. The van der Waals surface area contributed by atoms with Crippen molar-refractivity contribution in [3.05, 3.63) is 29.3 Å². The van der Waals surface area contributed by atoms with Gasteiger partial charge >= 0.3 is 0 Å². The first kappa shape index (κ1) is 12.0. The van der Waals surface area contributed by atoms with Crippen molar-refractivity contribution in [2.24, 2.45) is 5.73 Å². The van der Waals surface area contributed by atoms with Crippen LogP contribution in [0.5, 0.6) is 0 Å². The molecule has 5 heteroatoms. The number of carbonyl (C=O) groups excluding carboxylic acids is 1. The van der Waals surface area contributed by atoms with Gasteiger partial charge in [0.1, 0.15) is 12.2 Å². The van der Waals surface area contributed by atoms with Gasteiger partial charge in [0.05, 0.1) is 11.3 Å². The number of anilines is 1. The van der Waals surface area contributed by atoms with E-state index < -0.39 is 12.0 Å². The number of rotatable bonds is 4. The van der Waals surface area contributed by atoms with Crippen LogP contribution in [0.25, 0.3) is 0 Å². The SMILES string of the molecule is Cc1ccc(C#N)c(NCC(O)C(N)=O)c1. The first-order valence-corrected chi connectivity index (χ1v) is 4.76. The van der Waals surface area contributed by atoms with Gasteiger partial charge in [-0.15, -0.1) is 0 Å². The van der Waals surface area contributed by atoms with Gasteiger partial charge in [0, 0.05) is 6.54 Å². The van der Waals surface area contributed by atoms with E-state index in [-0.39, 0.29) is 6.54 Å². The largest absolute Gasteiger partial charge is 0.381 e. The van der Waals surface area contributed by atoms with Crippen LogP contribution in [0.4, 0.5) is 5.69 Å². The molecule has 0 fully saturated rings. The number of nitriles is 1. The van der Waals surface area contributed by atoms with Gasteiger partial charge in [0.25, 0.3) is 0 Å². The number of aryl methyl sites for hydroxylation is 1. The van der Waals surface area contributed by atoms with Crippen LogP contribution in [0.1, 0.15) is 11.1 Å². The minimum Gasteiger partial charge on any atom is -0.381 e. The predicted molar refractivity (Wildman–Crippen MR) is 59.6 cm³/mol. The summed E-state index contributed by atoms with van der Waals surface area (Å²) in [7, 11) is 0. The molecule has 0 aromatic heterocycles. The Morgan fingerprint density at radius 2 is 2.38 bits per heavy atom. The lowest BCUT2D eigenvalue weighted by Crippen LogP contribution is -2.34. The molecule has 0 heterocycles. The van der Waals surface area contributed by atoms with Gasteiger partial charge in [0.2, 0.25) is 5.91 Å². The molecule has 0 bridgehead atoms. The van der Waals surface area contributed by atoms with Crippen molar-refractivity contribution in [2.75, 3.05) is 11.9 Å². The van der Waals surface area contributed by atoms with Crippen LogP contribution in [-0.4, -0.2) is 23.7 Å². The summed E-state index contributed by atoms with van der Waals surface area (Å²) in [6, 6.07) is 7.27. The predicted octanol–water partition coefficient (Wildman–Crippen LogP) is 0.125. The number of nitrogens with zero attached hydrogens (tertiary/aromatic N) is 1. The Morgan fingerprint density at radius 1 is 1.69 bits per heavy atom. The molecule has 1 aromatic rings. The van der Waals surface area contributed by atoms with Crippen LogP contribution in [0, 0.1) is 18.3 Å². The maximum absolute atomic E-state index is 10.6. The molecule has 0 saturated heterocycles. The lowest BCUT2D eigenvalue weighted by molar-refractivity contribution is -0.125. The van der Waals surface area contributed by atoms with Gasteiger partial charge in [-0.05, 0) is 24.6 Å². The Bertz CT molecular complexity index is 437. The van der Waals surface area contributed by atoms with E-state index in [1.165, 1.54) is 0 Å². The molecule has 0 radical (unpaired) electrons. The van der Waals surface area contributed by atoms with E-state index in [9.17, 15) is 9.90 Å². The Kier molecular flexibility index (Phi) is 3.86. The van der Waals surface area contributed by atoms with Gasteiger partial charge in [-0.2, -0.15) is 5.26 Å². The highest BCUT2D eigenvalue weighted by atomic mass is 16.3. The number of aliphatic hydroxyl groups excluding tert-OH is 1. The molecule has 0 aliphatic rings. The number of amides is 1. The fraction of sp³-hybridized carbons (Fsp3) is 0.273. The van der Waals surface area contributed by atoms with Crippen molar-refractivity contribution in [3.8, 4) is 6.07 Å². The van der Waals surface area contributed by atoms with Crippen LogP contribution >= 0.6 is 0 Å². The van der Waals surface area contributed by atoms with E-state index in [1.54, 1.807) is 12.1 Å². The Morgan fingerprint density at radius 3 is 2.94 bits per heavy atom. The number of nitrogens with one attached hydrogen (secondary N) is 1. The van der Waals surface area contributed by atoms with Gasteiger partial charge in [-0.1, -0.05) is 6.07 Å². The molecule has 1 amide bonds. The summed E-state index contributed by atoms with van der Waals surface area (Å²) in [5.74, 6) is -0.793. The van der Waals surface area contributed by atoms with E-state index in [0.29, 0.717) is 11.3 Å². The molecule has 1 atom stereocenters. The topological polar surface area (TPSA) is 99.1 Å². The third-order valence-corrected chi connectivity index (χ3v) is 2.11. The van der Waals surface area contributed by atoms with Crippen LogP contribution in [-0.2, 0) is 4.79 Å². The van der Waals surface area contributed by atoms with E-state index in [4.69, 9.17) is 11.0 Å². The summed E-state index contributed by atoms with van der Waals surface area (Å²) >= 11 is 0. The van der Waals surface area contributed by atoms with Crippen molar-refractivity contribution >= 4 is 11.6 Å². The summed E-state index contributed by atoms with van der Waals surface area (Å²) in [5.41, 5.74) is 6.93. The molecule has 16 heavy (non-hydrogen) atoms. The summed E-state index contributed by atoms with van der Waals surface area (Å²) in [6.07, 6.45) is -1.26. The highest BCUT2D eigenvalue weighted by Crippen LogP contribution is 2.16. The third-order valence-electron chi connectivity index (χ3n) is 2.11. The summed E-state index contributed by atoms with van der Waals surface area (Å²) < 4.78 is 0. The minimum atomic E-state index is -1.26. The molecule has 1 aromatic carbocycles. The van der Waals surface area contributed by atoms with Gasteiger partial charge < -0.3 is 16.2 Å². The number of carbonyl (C=O) groups is 1. The van der Waals surface area contributed by atoms with E-state index in [1.807, 2.05) is 19.1 Å². The smallest absolute Gasteiger partial charge is 0.248 e. The van der Waals surface area contributed by atoms with Crippen molar-refractivity contribution in [3.63, 3.8) is 0 Å². The number of nitrogens with two attached hydrogens (primary N) is 1. The molecule has 0 aliphatic heterocycles. The molecule has 4 N–H and O–H groups in total. The van der Waals surface area contributed by atoms with Crippen molar-refractivity contribution in [2.45, 2.75) is 13.0 Å². The monoisotopic (exact) mass is 219 g/mol. The maximum atomic E-state index is 10.6. The zero-order valence-corrected chi connectivity index (χ0v) is 8.90. The lowest BCUT2D eigenvalue weighted by atomic mass is 10.1. The van der Waals surface area contributed by atoms with Crippen LogP contribution in [0.3, 0.4) is 0 Å². The second kappa shape index (κ2) is 5.14. The van der Waals surface area contributed by atoms with Gasteiger partial charge in [-0.3, -0.25) is 4.79 Å². The molecule has 0 spiro atoms. The first-order valence-electron chi connectivity index (χ1n) is 4.76. The Hall–Kier alpha value is -2.06. The molecular weight excluding hydrogens is 206 g/mol. The Labute approximate surface area is 93.5 Å². The van der Waals surface area contributed by atoms with E-state index in [0.717, 1.165) is 5.56 Å². The molecule has 0 saturated carbocycles. The van der Waals surface area contributed by atoms with Crippen LogP contribution in [0.2, 0.25) is 0 Å². The third kappa shape index (κ3) is 2.97. The summed E-state index contributed by atoms with van der Waals surface area (Å²) in [4.78, 5) is 10.6. The van der Waals surface area contributed by atoms with E-state index in [2.05, 4.69) is 5.32 Å². The molecule has 5 nitrogen and oxygen atoms in total. The minimum absolute atomic E-state index is 0.00648. The second-order valence-electron chi connectivity index (χ2n) is 3.46. The van der Waals surface area contributed by atoms with E-state index >= 15 is 0 Å². The fourth-order valence-electron chi connectivity index (χ4n) is 1.21. The highest BCUT2D eigenvalue weighted by molar-refractivity contribution is 5.79. The zero-order valence-electron chi connectivity index (χ0n) is 8.90. The normalized spacial score (nSPS) is 11.6. The quantitative estimate of drug-likeness (QED) is 0.670. The number of hydrogen-bond donors (Lipinski definition) is 3. The highest BCUT2D eigenvalue weighted by Gasteiger charge is 2.11. The molecular formula is C11H13N3O2. The molecule has 0 aliphatic carbocycles. The standard InChI is InChI=1S/C11H13N3O2/c1-7-2-3-8(5-12)9(4-7)14-6-10(15)11(13)16/h2-4,10,14-15H,6H2,1H3,(H2,13,16). The van der Waals surface area contributed by atoms with Gasteiger partial charge in [0.15, 0.2) is 0 Å².